The number of carbonyl (C=O) groups is 3. The monoisotopic (exact) mass is 625 g/mol. The third-order valence-corrected chi connectivity index (χ3v) is 8.42. The highest BCUT2D eigenvalue weighted by Crippen LogP contribution is 2.22. The molecule has 0 heterocycles. The predicted molar refractivity (Wildman–Crippen MR) is 183 cm³/mol. The van der Waals surface area contributed by atoms with Crippen LogP contribution in [0.4, 0.5) is 0 Å². The summed E-state index contributed by atoms with van der Waals surface area (Å²) in [7, 11) is 0. The molecule has 0 aromatic rings. The van der Waals surface area contributed by atoms with Gasteiger partial charge in [0.05, 0.1) is 6.61 Å². The van der Waals surface area contributed by atoms with E-state index >= 15 is 0 Å². The summed E-state index contributed by atoms with van der Waals surface area (Å²) in [5.41, 5.74) is 0. The van der Waals surface area contributed by atoms with Crippen molar-refractivity contribution in [3.05, 3.63) is 0 Å². The molecule has 0 bridgehead atoms. The number of hydrogen-bond acceptors (Lipinski definition) is 6. The van der Waals surface area contributed by atoms with Gasteiger partial charge in [0.1, 0.15) is 12.2 Å². The highest BCUT2D eigenvalue weighted by molar-refractivity contribution is 5.70. The van der Waals surface area contributed by atoms with Crippen LogP contribution in [-0.2, 0) is 28.6 Å². The number of hydrogen-bond donors (Lipinski definition) is 0. The molecule has 0 spiro atoms. The van der Waals surface area contributed by atoms with Crippen LogP contribution in [0.3, 0.4) is 0 Å². The molecule has 0 rings (SSSR count). The zero-order chi connectivity index (χ0) is 32.5. The van der Waals surface area contributed by atoms with E-state index in [2.05, 4.69) is 27.7 Å². The first-order valence-corrected chi connectivity index (χ1v) is 19.0. The SMILES string of the molecule is CCCCCCCCOC(=O)CCCCCCCC(OC(=O)CCCCC)C(CCCCCCCC)OC(=O)CCCCC. The number of ether oxygens (including phenoxy) is 3. The highest BCUT2D eigenvalue weighted by atomic mass is 16.6. The fourth-order valence-electron chi connectivity index (χ4n) is 5.55. The zero-order valence-electron chi connectivity index (χ0n) is 29.6. The van der Waals surface area contributed by atoms with Crippen LogP contribution in [0.15, 0.2) is 0 Å². The van der Waals surface area contributed by atoms with Crippen LogP contribution >= 0.6 is 0 Å². The Morgan fingerprint density at radius 2 is 0.705 bits per heavy atom. The van der Waals surface area contributed by atoms with Crippen molar-refractivity contribution in [2.45, 2.75) is 220 Å². The molecule has 0 N–H and O–H groups in total. The number of carbonyl (C=O) groups excluding carboxylic acids is 3. The average Bonchev–Trinajstić information content (AvgIpc) is 3.01. The Labute approximate surface area is 272 Å². The van der Waals surface area contributed by atoms with Gasteiger partial charge in [-0.25, -0.2) is 0 Å². The van der Waals surface area contributed by atoms with Gasteiger partial charge in [0.15, 0.2) is 0 Å². The maximum Gasteiger partial charge on any atom is 0.306 e. The number of unbranched alkanes of at least 4 members (excludes halogenated alkanes) is 18. The standard InChI is InChI=1S/C38H72O6/c1-5-9-13-15-18-24-28-34(43-37(40)31-22-11-7-3)35(44-38(41)32-23-12-8-4)29-25-19-17-20-26-30-36(39)42-33-27-21-16-14-10-6-2/h34-35H,5-33H2,1-4H3. The molecule has 0 amide bonds. The smallest absolute Gasteiger partial charge is 0.306 e. The number of esters is 3. The summed E-state index contributed by atoms with van der Waals surface area (Å²) in [6.07, 6.45) is 26.8. The van der Waals surface area contributed by atoms with E-state index in [1.807, 2.05) is 0 Å². The molecule has 0 aliphatic carbocycles. The van der Waals surface area contributed by atoms with Crippen LogP contribution in [0.2, 0.25) is 0 Å². The molecule has 0 radical (unpaired) electrons. The summed E-state index contributed by atoms with van der Waals surface area (Å²) in [6.45, 7) is 9.24. The van der Waals surface area contributed by atoms with Gasteiger partial charge >= 0.3 is 17.9 Å². The van der Waals surface area contributed by atoms with E-state index < -0.39 is 0 Å². The normalized spacial score (nSPS) is 12.5. The fraction of sp³-hybridized carbons (Fsp3) is 0.921. The van der Waals surface area contributed by atoms with E-state index in [9.17, 15) is 14.4 Å². The molecule has 2 atom stereocenters. The highest BCUT2D eigenvalue weighted by Gasteiger charge is 2.28. The maximum atomic E-state index is 12.8. The molecule has 0 aliphatic rings. The molecule has 44 heavy (non-hydrogen) atoms. The van der Waals surface area contributed by atoms with Crippen LogP contribution in [0.1, 0.15) is 207 Å². The van der Waals surface area contributed by atoms with E-state index in [4.69, 9.17) is 14.2 Å². The van der Waals surface area contributed by atoms with Gasteiger partial charge in [0.25, 0.3) is 0 Å². The zero-order valence-corrected chi connectivity index (χ0v) is 29.6. The molecule has 0 fully saturated rings. The maximum absolute atomic E-state index is 12.8. The van der Waals surface area contributed by atoms with Crippen molar-refractivity contribution >= 4 is 17.9 Å². The molecule has 0 saturated heterocycles. The van der Waals surface area contributed by atoms with E-state index in [0.717, 1.165) is 103 Å². The van der Waals surface area contributed by atoms with Gasteiger partial charge in [0, 0.05) is 19.3 Å². The lowest BCUT2D eigenvalue weighted by molar-refractivity contribution is -0.169. The summed E-state index contributed by atoms with van der Waals surface area (Å²) < 4.78 is 17.5. The Hall–Kier alpha value is -1.59. The second-order valence-electron chi connectivity index (χ2n) is 12.8. The quantitative estimate of drug-likeness (QED) is 0.0410. The van der Waals surface area contributed by atoms with Gasteiger partial charge in [-0.05, 0) is 51.4 Å². The van der Waals surface area contributed by atoms with E-state index in [1.54, 1.807) is 0 Å². The van der Waals surface area contributed by atoms with Crippen LogP contribution in [0.5, 0.6) is 0 Å². The van der Waals surface area contributed by atoms with Gasteiger partial charge in [-0.15, -0.1) is 0 Å². The molecule has 0 saturated carbocycles. The minimum atomic E-state index is -0.383. The van der Waals surface area contributed by atoms with Gasteiger partial charge in [-0.3, -0.25) is 14.4 Å². The van der Waals surface area contributed by atoms with Crippen molar-refractivity contribution in [2.24, 2.45) is 0 Å². The van der Waals surface area contributed by atoms with Crippen molar-refractivity contribution in [3.63, 3.8) is 0 Å². The summed E-state index contributed by atoms with van der Waals surface area (Å²) in [5.74, 6) is -0.408. The van der Waals surface area contributed by atoms with Crippen LogP contribution in [0.25, 0.3) is 0 Å². The third kappa shape index (κ3) is 27.9. The third-order valence-electron chi connectivity index (χ3n) is 8.42. The second-order valence-corrected chi connectivity index (χ2v) is 12.8. The lowest BCUT2D eigenvalue weighted by atomic mass is 9.99. The first kappa shape index (κ1) is 42.4. The first-order valence-electron chi connectivity index (χ1n) is 19.0. The molecule has 0 aliphatic heterocycles. The molecule has 2 unspecified atom stereocenters. The minimum Gasteiger partial charge on any atom is -0.466 e. The summed E-state index contributed by atoms with van der Waals surface area (Å²) in [6, 6.07) is 0. The van der Waals surface area contributed by atoms with Gasteiger partial charge in [0.2, 0.25) is 0 Å². The molecular weight excluding hydrogens is 552 g/mol. The van der Waals surface area contributed by atoms with Crippen molar-refractivity contribution in [1.29, 1.82) is 0 Å². The van der Waals surface area contributed by atoms with Gasteiger partial charge in [-0.2, -0.15) is 0 Å². The average molecular weight is 625 g/mol. The van der Waals surface area contributed by atoms with Gasteiger partial charge in [-0.1, -0.05) is 137 Å². The van der Waals surface area contributed by atoms with Crippen molar-refractivity contribution < 1.29 is 28.6 Å². The van der Waals surface area contributed by atoms with Crippen LogP contribution in [-0.4, -0.2) is 36.7 Å². The van der Waals surface area contributed by atoms with Crippen molar-refractivity contribution in [1.82, 2.24) is 0 Å². The lowest BCUT2D eigenvalue weighted by Gasteiger charge is -2.27. The Balaban J connectivity index is 4.76. The van der Waals surface area contributed by atoms with Crippen molar-refractivity contribution in [2.75, 3.05) is 6.61 Å². The van der Waals surface area contributed by atoms with E-state index in [1.165, 1.54) is 51.4 Å². The van der Waals surface area contributed by atoms with E-state index in [-0.39, 0.29) is 30.1 Å². The molecule has 6 heteroatoms. The summed E-state index contributed by atoms with van der Waals surface area (Å²) >= 11 is 0. The molecule has 0 aromatic heterocycles. The number of rotatable bonds is 33. The largest absolute Gasteiger partial charge is 0.466 e. The van der Waals surface area contributed by atoms with Gasteiger partial charge < -0.3 is 14.2 Å². The Morgan fingerprint density at radius 1 is 0.386 bits per heavy atom. The fourth-order valence-corrected chi connectivity index (χ4v) is 5.55. The molecule has 260 valence electrons. The van der Waals surface area contributed by atoms with Crippen LogP contribution in [0, 0.1) is 0 Å². The Bertz CT molecular complexity index is 664. The second kappa shape index (κ2) is 32.8. The molecule has 6 nitrogen and oxygen atoms in total. The molecular formula is C38H72O6. The molecule has 0 aromatic carbocycles. The Morgan fingerprint density at radius 3 is 1.16 bits per heavy atom. The van der Waals surface area contributed by atoms with Crippen molar-refractivity contribution in [3.8, 4) is 0 Å². The predicted octanol–water partition coefficient (Wildman–Crippen LogP) is 11.4. The summed E-state index contributed by atoms with van der Waals surface area (Å²) in [5, 5.41) is 0. The Kier molecular flexibility index (Phi) is 31.6. The first-order chi connectivity index (χ1) is 21.5. The van der Waals surface area contributed by atoms with Crippen LogP contribution < -0.4 is 0 Å². The minimum absolute atomic E-state index is 0.0769. The van der Waals surface area contributed by atoms with E-state index in [0.29, 0.717) is 32.3 Å². The summed E-state index contributed by atoms with van der Waals surface area (Å²) in [4.78, 5) is 37.6. The topological polar surface area (TPSA) is 78.9 Å². The lowest BCUT2D eigenvalue weighted by Crippen LogP contribution is -2.35.